The molecule has 104 valence electrons. The summed E-state index contributed by atoms with van der Waals surface area (Å²) in [6, 6.07) is 6.15. The number of hydrogen-bond acceptors (Lipinski definition) is 4. The first kappa shape index (κ1) is 13.9. The number of rotatable bonds is 6. The summed E-state index contributed by atoms with van der Waals surface area (Å²) < 4.78 is 11.3. The standard InChI is InChI=1S/C15H22N2O2/c1-11-5-6-14(18-11)10-17(4)9-13-7-15(8-16-3)19-12(13)2/h5-7,16H,8-10H2,1-4H3. The first-order valence-corrected chi connectivity index (χ1v) is 6.55. The van der Waals surface area contributed by atoms with Gasteiger partial charge in [-0.1, -0.05) is 0 Å². The minimum absolute atomic E-state index is 0.766. The van der Waals surface area contributed by atoms with Crippen LogP contribution in [-0.4, -0.2) is 19.0 Å². The molecule has 0 amide bonds. The number of nitrogens with one attached hydrogen (secondary N) is 1. The molecule has 2 heterocycles. The molecule has 19 heavy (non-hydrogen) atoms. The van der Waals surface area contributed by atoms with Gasteiger partial charge in [0.15, 0.2) is 0 Å². The molecular formula is C15H22N2O2. The van der Waals surface area contributed by atoms with Gasteiger partial charge in [0.1, 0.15) is 23.0 Å². The molecule has 0 radical (unpaired) electrons. The molecule has 0 bridgehead atoms. The molecule has 1 N–H and O–H groups in total. The third-order valence-corrected chi connectivity index (χ3v) is 3.08. The lowest BCUT2D eigenvalue weighted by atomic mass is 10.2. The first-order valence-electron chi connectivity index (χ1n) is 6.55. The summed E-state index contributed by atoms with van der Waals surface area (Å²) in [4.78, 5) is 2.22. The summed E-state index contributed by atoms with van der Waals surface area (Å²) in [5.74, 6) is 3.93. The number of hydrogen-bond donors (Lipinski definition) is 1. The lowest BCUT2D eigenvalue weighted by molar-refractivity contribution is 0.283. The largest absolute Gasteiger partial charge is 0.465 e. The Morgan fingerprint density at radius 1 is 1.11 bits per heavy atom. The van der Waals surface area contributed by atoms with Gasteiger partial charge in [-0.3, -0.25) is 4.90 Å². The van der Waals surface area contributed by atoms with Crippen molar-refractivity contribution in [2.24, 2.45) is 0 Å². The van der Waals surface area contributed by atoms with E-state index >= 15 is 0 Å². The second-order valence-corrected chi connectivity index (χ2v) is 5.01. The number of aryl methyl sites for hydroxylation is 2. The SMILES string of the molecule is CNCc1cc(CN(C)Cc2ccc(C)o2)c(C)o1. The van der Waals surface area contributed by atoms with Crippen molar-refractivity contribution in [3.8, 4) is 0 Å². The van der Waals surface area contributed by atoms with E-state index < -0.39 is 0 Å². The topological polar surface area (TPSA) is 41.5 Å². The highest BCUT2D eigenvalue weighted by atomic mass is 16.3. The zero-order chi connectivity index (χ0) is 13.8. The van der Waals surface area contributed by atoms with Gasteiger partial charge in [0.25, 0.3) is 0 Å². The van der Waals surface area contributed by atoms with Crippen LogP contribution in [0.1, 0.15) is 28.6 Å². The van der Waals surface area contributed by atoms with Crippen molar-refractivity contribution in [1.29, 1.82) is 0 Å². The zero-order valence-electron chi connectivity index (χ0n) is 12.1. The quantitative estimate of drug-likeness (QED) is 0.869. The van der Waals surface area contributed by atoms with E-state index in [-0.39, 0.29) is 0 Å². The molecule has 0 saturated heterocycles. The molecule has 0 fully saturated rings. The maximum absolute atomic E-state index is 5.70. The first-order chi connectivity index (χ1) is 9.08. The molecule has 0 spiro atoms. The van der Waals surface area contributed by atoms with Gasteiger partial charge in [-0.25, -0.2) is 0 Å². The van der Waals surface area contributed by atoms with Gasteiger partial charge in [-0.2, -0.15) is 0 Å². The summed E-state index contributed by atoms with van der Waals surface area (Å²) in [5.41, 5.74) is 1.23. The van der Waals surface area contributed by atoms with Crippen LogP contribution in [0.3, 0.4) is 0 Å². The lowest BCUT2D eigenvalue weighted by Crippen LogP contribution is -2.17. The molecule has 0 saturated carbocycles. The van der Waals surface area contributed by atoms with Crippen LogP contribution >= 0.6 is 0 Å². The Labute approximate surface area is 114 Å². The van der Waals surface area contributed by atoms with Gasteiger partial charge in [0.05, 0.1) is 13.1 Å². The predicted molar refractivity (Wildman–Crippen MR) is 74.8 cm³/mol. The Morgan fingerprint density at radius 3 is 2.53 bits per heavy atom. The molecule has 0 unspecified atom stereocenters. The van der Waals surface area contributed by atoms with Gasteiger partial charge in [0, 0.05) is 12.1 Å². The third-order valence-electron chi connectivity index (χ3n) is 3.08. The van der Waals surface area contributed by atoms with Crippen LogP contribution in [0, 0.1) is 13.8 Å². The van der Waals surface area contributed by atoms with E-state index in [2.05, 4.69) is 23.3 Å². The molecule has 0 atom stereocenters. The van der Waals surface area contributed by atoms with Crippen LogP contribution in [-0.2, 0) is 19.6 Å². The molecule has 0 aliphatic carbocycles. The van der Waals surface area contributed by atoms with Crippen LogP contribution < -0.4 is 5.32 Å². The Balaban J connectivity index is 1.96. The maximum atomic E-state index is 5.70. The van der Waals surface area contributed by atoms with Crippen molar-refractivity contribution in [2.45, 2.75) is 33.5 Å². The maximum Gasteiger partial charge on any atom is 0.118 e. The molecule has 2 aromatic heterocycles. The van der Waals surface area contributed by atoms with Gasteiger partial charge < -0.3 is 14.2 Å². The van der Waals surface area contributed by atoms with Crippen molar-refractivity contribution >= 4 is 0 Å². The number of nitrogens with zero attached hydrogens (tertiary/aromatic N) is 1. The van der Waals surface area contributed by atoms with Crippen LogP contribution in [0.25, 0.3) is 0 Å². The van der Waals surface area contributed by atoms with Crippen LogP contribution in [0.2, 0.25) is 0 Å². The summed E-state index contributed by atoms with van der Waals surface area (Å²) in [6.45, 7) is 6.41. The van der Waals surface area contributed by atoms with Gasteiger partial charge in [-0.15, -0.1) is 0 Å². The second-order valence-electron chi connectivity index (χ2n) is 5.01. The Kier molecular flexibility index (Phi) is 4.45. The third kappa shape index (κ3) is 3.72. The number of furan rings is 2. The van der Waals surface area contributed by atoms with E-state index in [1.165, 1.54) is 5.56 Å². The predicted octanol–water partition coefficient (Wildman–Crippen LogP) is 2.84. The van der Waals surface area contributed by atoms with E-state index in [1.807, 2.05) is 33.0 Å². The normalized spacial score (nSPS) is 11.4. The molecule has 4 heteroatoms. The molecule has 0 aliphatic rings. The van der Waals surface area contributed by atoms with Crippen LogP contribution in [0.5, 0.6) is 0 Å². The monoisotopic (exact) mass is 262 g/mol. The fraction of sp³-hybridized carbons (Fsp3) is 0.467. The van der Waals surface area contributed by atoms with Gasteiger partial charge >= 0.3 is 0 Å². The molecule has 2 aromatic rings. The highest BCUT2D eigenvalue weighted by Gasteiger charge is 2.10. The van der Waals surface area contributed by atoms with Crippen molar-refractivity contribution in [2.75, 3.05) is 14.1 Å². The molecule has 0 aliphatic heterocycles. The lowest BCUT2D eigenvalue weighted by Gasteiger charge is -2.14. The van der Waals surface area contributed by atoms with Gasteiger partial charge in [0.2, 0.25) is 0 Å². The minimum Gasteiger partial charge on any atom is -0.465 e. The summed E-state index contributed by atoms with van der Waals surface area (Å²) >= 11 is 0. The second kappa shape index (κ2) is 6.08. The smallest absolute Gasteiger partial charge is 0.118 e. The minimum atomic E-state index is 0.766. The zero-order valence-corrected chi connectivity index (χ0v) is 12.1. The highest BCUT2D eigenvalue weighted by Crippen LogP contribution is 2.17. The summed E-state index contributed by atoms with van der Waals surface area (Å²) in [5, 5.41) is 3.10. The van der Waals surface area contributed by atoms with Crippen molar-refractivity contribution in [1.82, 2.24) is 10.2 Å². The van der Waals surface area contributed by atoms with Crippen molar-refractivity contribution in [3.63, 3.8) is 0 Å². The average Bonchev–Trinajstić information content (AvgIpc) is 2.87. The fourth-order valence-corrected chi connectivity index (χ4v) is 2.19. The van der Waals surface area contributed by atoms with E-state index in [9.17, 15) is 0 Å². The summed E-state index contributed by atoms with van der Waals surface area (Å²) in [6.07, 6.45) is 0. The highest BCUT2D eigenvalue weighted by molar-refractivity contribution is 5.20. The molecular weight excluding hydrogens is 240 g/mol. The Morgan fingerprint density at radius 2 is 1.89 bits per heavy atom. The Hall–Kier alpha value is -1.52. The van der Waals surface area contributed by atoms with Crippen LogP contribution in [0.4, 0.5) is 0 Å². The molecule has 0 aromatic carbocycles. The van der Waals surface area contributed by atoms with E-state index in [4.69, 9.17) is 8.83 Å². The van der Waals surface area contributed by atoms with Crippen molar-refractivity contribution in [3.05, 3.63) is 46.8 Å². The van der Waals surface area contributed by atoms with E-state index in [0.29, 0.717) is 0 Å². The summed E-state index contributed by atoms with van der Waals surface area (Å²) in [7, 11) is 4.00. The molecule has 2 rings (SSSR count). The fourth-order valence-electron chi connectivity index (χ4n) is 2.19. The van der Waals surface area contributed by atoms with Crippen LogP contribution in [0.15, 0.2) is 27.0 Å². The Bertz CT molecular complexity index is 528. The van der Waals surface area contributed by atoms with Crippen molar-refractivity contribution < 1.29 is 8.83 Å². The average molecular weight is 262 g/mol. The van der Waals surface area contributed by atoms with Gasteiger partial charge in [-0.05, 0) is 46.1 Å². The van der Waals surface area contributed by atoms with E-state index in [1.54, 1.807) is 0 Å². The molecule has 4 nitrogen and oxygen atoms in total. The van der Waals surface area contributed by atoms with E-state index in [0.717, 1.165) is 42.7 Å².